The van der Waals surface area contributed by atoms with E-state index in [0.717, 1.165) is 18.0 Å². The van der Waals surface area contributed by atoms with E-state index in [2.05, 4.69) is 4.90 Å². The fourth-order valence-electron chi connectivity index (χ4n) is 3.88. The molecule has 0 saturated heterocycles. The van der Waals surface area contributed by atoms with Crippen LogP contribution < -0.4 is 0 Å². The summed E-state index contributed by atoms with van der Waals surface area (Å²) in [5, 5.41) is 0. The normalized spacial score (nSPS) is 23.7. The molecule has 0 aliphatic heterocycles. The van der Waals surface area contributed by atoms with Crippen molar-refractivity contribution in [2.24, 2.45) is 0 Å². The lowest BCUT2D eigenvalue weighted by atomic mass is 9.88. The molecule has 2 aliphatic rings. The second-order valence-corrected chi connectivity index (χ2v) is 6.60. The minimum atomic E-state index is 0.836. The highest BCUT2D eigenvalue weighted by Gasteiger charge is 2.28. The lowest BCUT2D eigenvalue weighted by Gasteiger charge is -2.41. The minimum absolute atomic E-state index is 0.836. The quantitative estimate of drug-likeness (QED) is 0.487. The Morgan fingerprint density at radius 2 is 1.22 bits per heavy atom. The van der Waals surface area contributed by atoms with Crippen LogP contribution in [-0.4, -0.2) is 29.4 Å². The average Bonchev–Trinajstić information content (AvgIpc) is 2.46. The van der Waals surface area contributed by atoms with Gasteiger partial charge >= 0.3 is 0 Å². The fraction of sp³-hybridized carbons (Fsp3) is 1.00. The smallest absolute Gasteiger partial charge is 0.0223 e. The van der Waals surface area contributed by atoms with Crippen molar-refractivity contribution in [3.8, 4) is 0 Å². The third-order valence-electron chi connectivity index (χ3n) is 4.89. The van der Waals surface area contributed by atoms with Crippen molar-refractivity contribution in [1.82, 2.24) is 4.90 Å². The second kappa shape index (κ2) is 8.43. The van der Waals surface area contributed by atoms with Crippen molar-refractivity contribution in [3.63, 3.8) is 0 Å². The summed E-state index contributed by atoms with van der Waals surface area (Å²) in [6.07, 6.45) is 17.1. The highest BCUT2D eigenvalue weighted by atomic mass is 35.5. The van der Waals surface area contributed by atoms with Gasteiger partial charge in [0.2, 0.25) is 0 Å². The van der Waals surface area contributed by atoms with E-state index < -0.39 is 0 Å². The van der Waals surface area contributed by atoms with Crippen LogP contribution in [0.3, 0.4) is 0 Å². The largest absolute Gasteiger partial charge is 0.297 e. The summed E-state index contributed by atoms with van der Waals surface area (Å²) < 4.78 is 0. The molecular weight excluding hydrogens is 242 g/mol. The van der Waals surface area contributed by atoms with Gasteiger partial charge in [-0.25, -0.2) is 0 Å². The van der Waals surface area contributed by atoms with Crippen LogP contribution in [-0.2, 0) is 0 Å². The Labute approximate surface area is 118 Å². The minimum Gasteiger partial charge on any atom is -0.297 e. The molecule has 0 spiro atoms. The summed E-state index contributed by atoms with van der Waals surface area (Å²) in [5.74, 6) is 0.836. The zero-order valence-electron chi connectivity index (χ0n) is 11.9. The second-order valence-electron chi connectivity index (χ2n) is 6.22. The lowest BCUT2D eigenvalue weighted by Crippen LogP contribution is -2.45. The van der Waals surface area contributed by atoms with Crippen LogP contribution in [0, 0.1) is 0 Å². The first-order valence-corrected chi connectivity index (χ1v) is 8.77. The molecule has 2 saturated carbocycles. The van der Waals surface area contributed by atoms with Crippen LogP contribution in [0.2, 0.25) is 0 Å². The van der Waals surface area contributed by atoms with Crippen molar-refractivity contribution in [2.45, 2.75) is 89.1 Å². The van der Waals surface area contributed by atoms with Gasteiger partial charge in [0.25, 0.3) is 0 Å². The molecule has 2 fully saturated rings. The molecule has 2 aliphatic carbocycles. The van der Waals surface area contributed by atoms with Crippen molar-refractivity contribution in [2.75, 3.05) is 12.4 Å². The summed E-state index contributed by atoms with van der Waals surface area (Å²) in [4.78, 5) is 2.89. The van der Waals surface area contributed by atoms with Gasteiger partial charge in [0.1, 0.15) is 0 Å². The SMILES string of the molecule is ClCCCCN(C1CCCCC1)C1CCCCC1. The Morgan fingerprint density at radius 1 is 0.722 bits per heavy atom. The van der Waals surface area contributed by atoms with Crippen LogP contribution in [0.1, 0.15) is 77.0 Å². The summed E-state index contributed by atoms with van der Waals surface area (Å²) in [5.41, 5.74) is 0. The Kier molecular flexibility index (Phi) is 6.86. The van der Waals surface area contributed by atoms with Crippen molar-refractivity contribution in [1.29, 1.82) is 0 Å². The van der Waals surface area contributed by atoms with E-state index >= 15 is 0 Å². The molecule has 0 heterocycles. The van der Waals surface area contributed by atoms with Crippen LogP contribution in [0.25, 0.3) is 0 Å². The lowest BCUT2D eigenvalue weighted by molar-refractivity contribution is 0.0794. The molecule has 0 radical (unpaired) electrons. The van der Waals surface area contributed by atoms with Gasteiger partial charge < -0.3 is 0 Å². The first-order chi connectivity index (χ1) is 8.92. The Balaban J connectivity index is 1.87. The fourth-order valence-corrected chi connectivity index (χ4v) is 4.07. The maximum Gasteiger partial charge on any atom is 0.0223 e. The zero-order chi connectivity index (χ0) is 12.6. The number of halogens is 1. The number of hydrogen-bond acceptors (Lipinski definition) is 1. The van der Waals surface area contributed by atoms with Gasteiger partial charge in [-0.3, -0.25) is 4.90 Å². The summed E-state index contributed by atoms with van der Waals surface area (Å²) >= 11 is 5.84. The molecule has 0 aromatic heterocycles. The number of unbranched alkanes of at least 4 members (excludes halogenated alkanes) is 1. The molecule has 0 aromatic rings. The molecule has 0 unspecified atom stereocenters. The van der Waals surface area contributed by atoms with Crippen LogP contribution >= 0.6 is 11.6 Å². The summed E-state index contributed by atoms with van der Waals surface area (Å²) in [6, 6.07) is 1.80. The maximum atomic E-state index is 5.84. The number of rotatable bonds is 6. The first kappa shape index (κ1) is 14.7. The monoisotopic (exact) mass is 271 g/mol. The predicted molar refractivity (Wildman–Crippen MR) is 80.4 cm³/mol. The molecule has 18 heavy (non-hydrogen) atoms. The van der Waals surface area contributed by atoms with E-state index in [4.69, 9.17) is 11.6 Å². The van der Waals surface area contributed by atoms with E-state index in [-0.39, 0.29) is 0 Å². The molecule has 1 nitrogen and oxygen atoms in total. The van der Waals surface area contributed by atoms with Crippen molar-refractivity contribution < 1.29 is 0 Å². The van der Waals surface area contributed by atoms with E-state index in [1.807, 2.05) is 0 Å². The summed E-state index contributed by atoms with van der Waals surface area (Å²) in [6.45, 7) is 1.31. The van der Waals surface area contributed by atoms with E-state index in [1.54, 1.807) is 0 Å². The average molecular weight is 272 g/mol. The highest BCUT2D eigenvalue weighted by molar-refractivity contribution is 6.17. The van der Waals surface area contributed by atoms with Gasteiger partial charge in [0.05, 0.1) is 0 Å². The molecule has 0 amide bonds. The van der Waals surface area contributed by atoms with Crippen LogP contribution in [0.5, 0.6) is 0 Å². The van der Waals surface area contributed by atoms with Crippen LogP contribution in [0.4, 0.5) is 0 Å². The van der Waals surface area contributed by atoms with Gasteiger partial charge in [-0.15, -0.1) is 11.6 Å². The Bertz CT molecular complexity index is 189. The molecular formula is C16H30ClN. The number of alkyl halides is 1. The molecule has 0 bridgehead atoms. The van der Waals surface area contributed by atoms with Gasteiger partial charge in [-0.1, -0.05) is 38.5 Å². The van der Waals surface area contributed by atoms with Gasteiger partial charge in [0, 0.05) is 18.0 Å². The Morgan fingerprint density at radius 3 is 1.67 bits per heavy atom. The van der Waals surface area contributed by atoms with Gasteiger partial charge in [-0.05, 0) is 45.1 Å². The summed E-state index contributed by atoms with van der Waals surface area (Å²) in [7, 11) is 0. The highest BCUT2D eigenvalue weighted by Crippen LogP contribution is 2.30. The molecule has 0 atom stereocenters. The van der Waals surface area contributed by atoms with E-state index in [9.17, 15) is 0 Å². The van der Waals surface area contributed by atoms with Crippen molar-refractivity contribution in [3.05, 3.63) is 0 Å². The third-order valence-corrected chi connectivity index (χ3v) is 5.15. The van der Waals surface area contributed by atoms with E-state index in [1.165, 1.54) is 83.6 Å². The zero-order valence-corrected chi connectivity index (χ0v) is 12.6. The van der Waals surface area contributed by atoms with E-state index in [0.29, 0.717) is 0 Å². The molecule has 0 N–H and O–H groups in total. The maximum absolute atomic E-state index is 5.84. The van der Waals surface area contributed by atoms with Gasteiger partial charge in [-0.2, -0.15) is 0 Å². The topological polar surface area (TPSA) is 3.24 Å². The Hall–Kier alpha value is 0.250. The molecule has 0 aromatic carbocycles. The van der Waals surface area contributed by atoms with Crippen LogP contribution in [0.15, 0.2) is 0 Å². The number of nitrogens with zero attached hydrogens (tertiary/aromatic N) is 1. The third kappa shape index (κ3) is 4.42. The number of hydrogen-bond donors (Lipinski definition) is 0. The predicted octanol–water partition coefficient (Wildman–Crippen LogP) is 4.97. The molecule has 2 rings (SSSR count). The van der Waals surface area contributed by atoms with Gasteiger partial charge in [0.15, 0.2) is 0 Å². The molecule has 2 heteroatoms. The van der Waals surface area contributed by atoms with Crippen molar-refractivity contribution >= 4 is 11.6 Å². The first-order valence-electron chi connectivity index (χ1n) is 8.23. The standard InChI is InChI=1S/C16H30ClN/c17-13-7-8-14-18(15-9-3-1-4-10-15)16-11-5-2-6-12-16/h15-16H,1-14H2. The molecule has 106 valence electrons.